The topological polar surface area (TPSA) is 17.8 Å². The van der Waals surface area contributed by atoms with Crippen molar-refractivity contribution in [1.82, 2.24) is 9.55 Å². The van der Waals surface area contributed by atoms with Crippen LogP contribution in [0.2, 0.25) is 0 Å². The minimum atomic E-state index is 0.748. The summed E-state index contributed by atoms with van der Waals surface area (Å²) in [7, 11) is 2.07. The first kappa shape index (κ1) is 9.25. The summed E-state index contributed by atoms with van der Waals surface area (Å²) >= 11 is 3.67. The molecular weight excluding hydrogens is 228 g/mol. The Kier molecular flexibility index (Phi) is 2.72. The summed E-state index contributed by atoms with van der Waals surface area (Å²) in [5, 5.41) is 0. The molecule has 0 amide bonds. The Labute approximate surface area is 87.5 Å². The minimum absolute atomic E-state index is 0.748. The molecule has 1 aromatic rings. The zero-order valence-electron chi connectivity index (χ0n) is 7.91. The molecule has 0 radical (unpaired) electrons. The van der Waals surface area contributed by atoms with Crippen molar-refractivity contribution in [3.63, 3.8) is 0 Å². The maximum absolute atomic E-state index is 4.35. The van der Waals surface area contributed by atoms with Gasteiger partial charge in [0.05, 0.1) is 0 Å². The first-order chi connectivity index (χ1) is 6.25. The van der Waals surface area contributed by atoms with Gasteiger partial charge in [-0.05, 0) is 25.2 Å². The third-order valence-corrected chi connectivity index (χ3v) is 3.70. The largest absolute Gasteiger partial charge is 0.338 e. The second kappa shape index (κ2) is 3.82. The summed E-state index contributed by atoms with van der Waals surface area (Å²) in [6.45, 7) is 0. The van der Waals surface area contributed by atoms with Crippen LogP contribution in [0.15, 0.2) is 12.4 Å². The maximum atomic E-state index is 4.35. The summed E-state index contributed by atoms with van der Waals surface area (Å²) in [5.41, 5.74) is 0. The van der Waals surface area contributed by atoms with E-state index in [2.05, 4.69) is 32.5 Å². The Morgan fingerprint density at radius 1 is 1.62 bits per heavy atom. The predicted octanol–water partition coefficient (Wildman–Crippen LogP) is 2.53. The normalized spacial score (nSPS) is 28.2. The fourth-order valence-corrected chi connectivity index (χ4v) is 2.84. The third-order valence-electron chi connectivity index (χ3n) is 2.87. The predicted molar refractivity (Wildman–Crippen MR) is 57.0 cm³/mol. The summed E-state index contributed by atoms with van der Waals surface area (Å²) in [6.07, 6.45) is 9.04. The van der Waals surface area contributed by atoms with Crippen molar-refractivity contribution < 1.29 is 0 Å². The van der Waals surface area contributed by atoms with E-state index in [1.165, 1.54) is 25.1 Å². The van der Waals surface area contributed by atoms with Crippen molar-refractivity contribution in [2.75, 3.05) is 0 Å². The van der Waals surface area contributed by atoms with Gasteiger partial charge >= 0.3 is 0 Å². The van der Waals surface area contributed by atoms with Crippen molar-refractivity contribution in [3.8, 4) is 0 Å². The third kappa shape index (κ3) is 2.13. The van der Waals surface area contributed by atoms with Crippen LogP contribution >= 0.6 is 15.9 Å². The van der Waals surface area contributed by atoms with Crippen molar-refractivity contribution in [3.05, 3.63) is 18.2 Å². The molecule has 0 aliphatic heterocycles. The second-order valence-corrected chi connectivity index (χ2v) is 5.23. The molecule has 0 spiro atoms. The van der Waals surface area contributed by atoms with Gasteiger partial charge in [0, 0.05) is 30.7 Å². The molecule has 1 heterocycles. The fraction of sp³-hybridized carbons (Fsp3) is 0.700. The molecule has 0 aromatic carbocycles. The highest BCUT2D eigenvalue weighted by atomic mass is 79.9. The number of aromatic nitrogens is 2. The smallest absolute Gasteiger partial charge is 0.108 e. The molecule has 1 aliphatic rings. The van der Waals surface area contributed by atoms with Crippen LogP contribution in [0.1, 0.15) is 25.1 Å². The van der Waals surface area contributed by atoms with Crippen molar-refractivity contribution >= 4 is 15.9 Å². The van der Waals surface area contributed by atoms with Gasteiger partial charge in [-0.1, -0.05) is 15.9 Å². The fourth-order valence-electron chi connectivity index (χ4n) is 2.05. The number of rotatable bonds is 2. The summed E-state index contributed by atoms with van der Waals surface area (Å²) in [4.78, 5) is 5.10. The molecule has 0 N–H and O–H groups in total. The number of halogens is 1. The second-order valence-electron chi connectivity index (χ2n) is 3.93. The van der Waals surface area contributed by atoms with Gasteiger partial charge < -0.3 is 4.57 Å². The quantitative estimate of drug-likeness (QED) is 0.730. The van der Waals surface area contributed by atoms with Crippen LogP contribution < -0.4 is 0 Å². The van der Waals surface area contributed by atoms with Crippen LogP contribution in [-0.2, 0) is 13.5 Å². The number of hydrogen-bond acceptors (Lipinski definition) is 1. The average molecular weight is 243 g/mol. The molecular formula is C10H15BrN2. The highest BCUT2D eigenvalue weighted by Gasteiger charge is 2.23. The van der Waals surface area contributed by atoms with Gasteiger partial charge in [-0.3, -0.25) is 0 Å². The van der Waals surface area contributed by atoms with Crippen molar-refractivity contribution in [1.29, 1.82) is 0 Å². The number of aryl methyl sites for hydroxylation is 1. The van der Waals surface area contributed by atoms with E-state index in [1.54, 1.807) is 0 Å². The Hall–Kier alpha value is -0.310. The van der Waals surface area contributed by atoms with Crippen molar-refractivity contribution in [2.24, 2.45) is 13.0 Å². The number of hydrogen-bond donors (Lipinski definition) is 0. The van der Waals surface area contributed by atoms with Gasteiger partial charge in [0.25, 0.3) is 0 Å². The molecule has 1 fully saturated rings. The first-order valence-corrected chi connectivity index (χ1v) is 5.77. The van der Waals surface area contributed by atoms with E-state index in [9.17, 15) is 0 Å². The molecule has 72 valence electrons. The van der Waals surface area contributed by atoms with Gasteiger partial charge in [0.1, 0.15) is 5.82 Å². The lowest BCUT2D eigenvalue weighted by Crippen LogP contribution is -2.05. The molecule has 2 nitrogen and oxygen atoms in total. The lowest BCUT2D eigenvalue weighted by atomic mass is 10.0. The molecule has 2 unspecified atom stereocenters. The van der Waals surface area contributed by atoms with Gasteiger partial charge in [0.15, 0.2) is 0 Å². The zero-order chi connectivity index (χ0) is 9.26. The van der Waals surface area contributed by atoms with Gasteiger partial charge in [-0.25, -0.2) is 4.98 Å². The van der Waals surface area contributed by atoms with Gasteiger partial charge in [-0.15, -0.1) is 0 Å². The molecule has 2 rings (SSSR count). The zero-order valence-corrected chi connectivity index (χ0v) is 9.50. The van der Waals surface area contributed by atoms with E-state index >= 15 is 0 Å². The molecule has 13 heavy (non-hydrogen) atoms. The van der Waals surface area contributed by atoms with E-state index in [0.717, 1.165) is 17.2 Å². The van der Waals surface area contributed by atoms with Crippen LogP contribution in [0.5, 0.6) is 0 Å². The van der Waals surface area contributed by atoms with E-state index in [0.29, 0.717) is 0 Å². The molecule has 0 saturated heterocycles. The molecule has 1 aliphatic carbocycles. The summed E-state index contributed by atoms with van der Waals surface area (Å²) < 4.78 is 2.13. The lowest BCUT2D eigenvalue weighted by Gasteiger charge is -2.08. The molecule has 2 atom stereocenters. The number of alkyl halides is 1. The van der Waals surface area contributed by atoms with Crippen LogP contribution in [0.4, 0.5) is 0 Å². The monoisotopic (exact) mass is 242 g/mol. The van der Waals surface area contributed by atoms with Crippen LogP contribution in [0, 0.1) is 5.92 Å². The summed E-state index contributed by atoms with van der Waals surface area (Å²) in [5.74, 6) is 2.07. The standard InChI is InChI=1S/C10H15BrN2/c1-13-5-4-12-10(13)7-8-2-3-9(11)6-8/h4-5,8-9H,2-3,6-7H2,1H3. The van der Waals surface area contributed by atoms with Crippen molar-refractivity contribution in [2.45, 2.75) is 30.5 Å². The highest BCUT2D eigenvalue weighted by Crippen LogP contribution is 2.32. The van der Waals surface area contributed by atoms with Crippen LogP contribution in [-0.4, -0.2) is 14.4 Å². The number of nitrogens with zero attached hydrogens (tertiary/aromatic N) is 2. The molecule has 1 saturated carbocycles. The number of imidazole rings is 1. The average Bonchev–Trinajstić information content (AvgIpc) is 2.64. The lowest BCUT2D eigenvalue weighted by molar-refractivity contribution is 0.522. The SMILES string of the molecule is Cn1ccnc1CC1CCC(Br)C1. The molecule has 1 aromatic heterocycles. The Balaban J connectivity index is 1.95. The summed E-state index contributed by atoms with van der Waals surface area (Å²) in [6, 6.07) is 0. The van der Waals surface area contributed by atoms with E-state index in [4.69, 9.17) is 0 Å². The van der Waals surface area contributed by atoms with Crippen LogP contribution in [0.25, 0.3) is 0 Å². The first-order valence-electron chi connectivity index (χ1n) is 4.86. The van der Waals surface area contributed by atoms with Crippen LogP contribution in [0.3, 0.4) is 0 Å². The molecule has 0 bridgehead atoms. The van der Waals surface area contributed by atoms with Gasteiger partial charge in [-0.2, -0.15) is 0 Å². The Morgan fingerprint density at radius 3 is 3.00 bits per heavy atom. The Morgan fingerprint density at radius 2 is 2.46 bits per heavy atom. The highest BCUT2D eigenvalue weighted by molar-refractivity contribution is 9.09. The van der Waals surface area contributed by atoms with Gasteiger partial charge in [0.2, 0.25) is 0 Å². The minimum Gasteiger partial charge on any atom is -0.338 e. The van der Waals surface area contributed by atoms with E-state index in [-0.39, 0.29) is 0 Å². The Bertz CT molecular complexity index is 282. The molecule has 3 heteroatoms. The maximum Gasteiger partial charge on any atom is 0.108 e. The van der Waals surface area contributed by atoms with E-state index in [1.807, 2.05) is 12.4 Å². The van der Waals surface area contributed by atoms with E-state index < -0.39 is 0 Å².